The fourth-order valence-electron chi connectivity index (χ4n) is 1.26. The van der Waals surface area contributed by atoms with Crippen LogP contribution in [0, 0.1) is 0 Å². The second-order valence-electron chi connectivity index (χ2n) is 3.21. The number of Topliss-reactive ketones (excluding diaryl/α,β-unsaturated/α-hetero) is 1. The summed E-state index contributed by atoms with van der Waals surface area (Å²) in [5.41, 5.74) is 1.49. The van der Waals surface area contributed by atoms with Crippen molar-refractivity contribution in [2.24, 2.45) is 0 Å². The third-order valence-corrected chi connectivity index (χ3v) is 2.63. The Labute approximate surface area is 97.1 Å². The number of nitrogens with zero attached hydrogens (tertiary/aromatic N) is 2. The minimum Gasteiger partial charge on any atom is -0.411 e. The van der Waals surface area contributed by atoms with Gasteiger partial charge in [-0.25, -0.2) is 0 Å². The molecule has 1 heterocycles. The van der Waals surface area contributed by atoms with Crippen molar-refractivity contribution < 1.29 is 9.21 Å². The number of carbonyl (C=O) groups is 1. The fourth-order valence-corrected chi connectivity index (χ4v) is 1.54. The van der Waals surface area contributed by atoms with Crippen LogP contribution in [0.25, 0.3) is 11.5 Å². The lowest BCUT2D eigenvalue weighted by atomic mass is 10.1. The lowest BCUT2D eigenvalue weighted by molar-refractivity contribution is 0.101. The van der Waals surface area contributed by atoms with Gasteiger partial charge in [-0.15, -0.1) is 10.2 Å². The topological polar surface area (TPSA) is 56.0 Å². The van der Waals surface area contributed by atoms with E-state index in [1.54, 1.807) is 24.3 Å². The average molecular weight is 234 g/mol. The van der Waals surface area contributed by atoms with E-state index in [1.165, 1.54) is 18.7 Å². The summed E-state index contributed by atoms with van der Waals surface area (Å²) in [6.45, 7) is 1.54. The van der Waals surface area contributed by atoms with Crippen molar-refractivity contribution in [3.63, 3.8) is 0 Å². The quantitative estimate of drug-likeness (QED) is 0.603. The molecular formula is C11H10N2O2S. The van der Waals surface area contributed by atoms with Gasteiger partial charge in [0.15, 0.2) is 5.78 Å². The smallest absolute Gasteiger partial charge is 0.276 e. The number of aromatic nitrogens is 2. The van der Waals surface area contributed by atoms with Gasteiger partial charge >= 0.3 is 0 Å². The van der Waals surface area contributed by atoms with Crippen LogP contribution in [0.5, 0.6) is 0 Å². The van der Waals surface area contributed by atoms with Gasteiger partial charge in [-0.3, -0.25) is 4.79 Å². The first-order valence-corrected chi connectivity index (χ1v) is 5.92. The molecule has 82 valence electrons. The lowest BCUT2D eigenvalue weighted by Gasteiger charge is -1.96. The number of hydrogen-bond donors (Lipinski definition) is 0. The summed E-state index contributed by atoms with van der Waals surface area (Å²) in [6, 6.07) is 7.10. The zero-order valence-corrected chi connectivity index (χ0v) is 9.75. The van der Waals surface area contributed by atoms with Gasteiger partial charge in [-0.1, -0.05) is 23.9 Å². The van der Waals surface area contributed by atoms with Crippen LogP contribution in [-0.4, -0.2) is 22.2 Å². The van der Waals surface area contributed by atoms with E-state index in [4.69, 9.17) is 4.42 Å². The minimum atomic E-state index is 0.0434. The molecule has 4 nitrogen and oxygen atoms in total. The summed E-state index contributed by atoms with van der Waals surface area (Å²) in [6.07, 6.45) is 1.87. The minimum absolute atomic E-state index is 0.0434. The second kappa shape index (κ2) is 4.49. The zero-order valence-electron chi connectivity index (χ0n) is 8.93. The average Bonchev–Trinajstić information content (AvgIpc) is 2.77. The largest absolute Gasteiger partial charge is 0.411 e. The molecule has 0 aliphatic heterocycles. The highest BCUT2D eigenvalue weighted by Crippen LogP contribution is 2.21. The highest BCUT2D eigenvalue weighted by atomic mass is 32.2. The van der Waals surface area contributed by atoms with E-state index in [0.29, 0.717) is 16.7 Å². The fraction of sp³-hybridized carbons (Fsp3) is 0.182. The Morgan fingerprint density at radius 3 is 2.44 bits per heavy atom. The first-order chi connectivity index (χ1) is 7.70. The highest BCUT2D eigenvalue weighted by molar-refractivity contribution is 7.98. The predicted octanol–water partition coefficient (Wildman–Crippen LogP) is 2.66. The van der Waals surface area contributed by atoms with E-state index in [2.05, 4.69) is 10.2 Å². The monoisotopic (exact) mass is 234 g/mol. The molecule has 0 bridgehead atoms. The molecule has 0 aliphatic rings. The Morgan fingerprint density at radius 1 is 1.25 bits per heavy atom. The van der Waals surface area contributed by atoms with Crippen LogP contribution in [0.4, 0.5) is 0 Å². The Balaban J connectivity index is 2.30. The van der Waals surface area contributed by atoms with E-state index in [-0.39, 0.29) is 5.78 Å². The Morgan fingerprint density at radius 2 is 1.94 bits per heavy atom. The second-order valence-corrected chi connectivity index (χ2v) is 3.97. The van der Waals surface area contributed by atoms with Crippen molar-refractivity contribution >= 4 is 17.5 Å². The van der Waals surface area contributed by atoms with Crippen LogP contribution in [0.3, 0.4) is 0 Å². The normalized spacial score (nSPS) is 10.4. The van der Waals surface area contributed by atoms with Crippen molar-refractivity contribution in [3.8, 4) is 11.5 Å². The van der Waals surface area contributed by atoms with Gasteiger partial charge < -0.3 is 4.42 Å². The molecule has 1 aromatic heterocycles. The maximum Gasteiger partial charge on any atom is 0.276 e. The molecule has 2 aromatic rings. The summed E-state index contributed by atoms with van der Waals surface area (Å²) in [4.78, 5) is 11.1. The van der Waals surface area contributed by atoms with Crippen LogP contribution in [0.2, 0.25) is 0 Å². The predicted molar refractivity (Wildman–Crippen MR) is 61.5 cm³/mol. The molecule has 0 aliphatic carbocycles. The van der Waals surface area contributed by atoms with Gasteiger partial charge in [0.05, 0.1) is 0 Å². The van der Waals surface area contributed by atoms with Crippen LogP contribution in [0.1, 0.15) is 17.3 Å². The molecule has 2 rings (SSSR count). The highest BCUT2D eigenvalue weighted by Gasteiger charge is 2.08. The van der Waals surface area contributed by atoms with Crippen LogP contribution < -0.4 is 0 Å². The first kappa shape index (κ1) is 10.9. The molecule has 0 spiro atoms. The molecule has 0 radical (unpaired) electrons. The SMILES string of the molecule is CSc1nnc(-c2ccc(C(C)=O)cc2)o1. The third-order valence-electron chi connectivity index (χ3n) is 2.12. The Bertz CT molecular complexity index is 505. The summed E-state index contributed by atoms with van der Waals surface area (Å²) >= 11 is 1.40. The molecular weight excluding hydrogens is 224 g/mol. The van der Waals surface area contributed by atoms with E-state index < -0.39 is 0 Å². The van der Waals surface area contributed by atoms with E-state index in [9.17, 15) is 4.79 Å². The van der Waals surface area contributed by atoms with Gasteiger partial charge in [0.2, 0.25) is 5.89 Å². The molecule has 0 saturated heterocycles. The van der Waals surface area contributed by atoms with E-state index in [0.717, 1.165) is 5.56 Å². The number of thioether (sulfide) groups is 1. The van der Waals surface area contributed by atoms with Crippen molar-refractivity contribution in [2.45, 2.75) is 12.1 Å². The molecule has 16 heavy (non-hydrogen) atoms. The van der Waals surface area contributed by atoms with Crippen LogP contribution in [0.15, 0.2) is 33.9 Å². The van der Waals surface area contributed by atoms with Gasteiger partial charge in [-0.2, -0.15) is 0 Å². The number of ketones is 1. The Kier molecular flexibility index (Phi) is 3.05. The zero-order chi connectivity index (χ0) is 11.5. The lowest BCUT2D eigenvalue weighted by Crippen LogP contribution is -1.90. The van der Waals surface area contributed by atoms with Gasteiger partial charge in [0.25, 0.3) is 5.22 Å². The van der Waals surface area contributed by atoms with Crippen LogP contribution in [-0.2, 0) is 0 Å². The maximum atomic E-state index is 11.1. The standard InChI is InChI=1S/C11H10N2O2S/c1-7(14)8-3-5-9(6-4-8)10-12-13-11(15-10)16-2/h3-6H,1-2H3. The first-order valence-electron chi connectivity index (χ1n) is 4.69. The number of carbonyl (C=O) groups excluding carboxylic acids is 1. The van der Waals surface area contributed by atoms with Gasteiger partial charge in [-0.05, 0) is 25.3 Å². The molecule has 0 atom stereocenters. The molecule has 0 amide bonds. The number of benzene rings is 1. The Hall–Kier alpha value is -1.62. The molecule has 0 saturated carbocycles. The van der Waals surface area contributed by atoms with Gasteiger partial charge in [0, 0.05) is 11.1 Å². The van der Waals surface area contributed by atoms with Crippen LogP contribution >= 0.6 is 11.8 Å². The van der Waals surface area contributed by atoms with Crippen molar-refractivity contribution in [1.29, 1.82) is 0 Å². The van der Waals surface area contributed by atoms with E-state index in [1.807, 2.05) is 6.26 Å². The number of hydrogen-bond acceptors (Lipinski definition) is 5. The van der Waals surface area contributed by atoms with E-state index >= 15 is 0 Å². The molecule has 5 heteroatoms. The van der Waals surface area contributed by atoms with Gasteiger partial charge in [0.1, 0.15) is 0 Å². The summed E-state index contributed by atoms with van der Waals surface area (Å²) in [5, 5.41) is 8.29. The molecule has 0 unspecified atom stereocenters. The maximum absolute atomic E-state index is 11.1. The summed E-state index contributed by atoms with van der Waals surface area (Å²) in [5.74, 6) is 0.515. The summed E-state index contributed by atoms with van der Waals surface area (Å²) < 4.78 is 5.38. The molecule has 0 fully saturated rings. The third kappa shape index (κ3) is 2.14. The molecule has 1 aromatic carbocycles. The van der Waals surface area contributed by atoms with Crippen molar-refractivity contribution in [3.05, 3.63) is 29.8 Å². The van der Waals surface area contributed by atoms with Crippen molar-refractivity contribution in [1.82, 2.24) is 10.2 Å². The van der Waals surface area contributed by atoms with Crippen molar-refractivity contribution in [2.75, 3.05) is 6.26 Å². The number of rotatable bonds is 3. The molecule has 0 N–H and O–H groups in total. The summed E-state index contributed by atoms with van der Waals surface area (Å²) in [7, 11) is 0.